The number of carboxylic acid groups (broad SMARTS) is 1. The second-order valence-corrected chi connectivity index (χ2v) is 8.16. The molecule has 1 unspecified atom stereocenters. The van der Waals surface area contributed by atoms with Crippen molar-refractivity contribution in [3.63, 3.8) is 0 Å². The number of hydrogen-bond donors (Lipinski definition) is 3. The number of H-pyrrole nitrogens is 1. The average molecular weight is 399 g/mol. The molecular formula is C22H30N4O3. The maximum absolute atomic E-state index is 12.2. The third-order valence-corrected chi connectivity index (χ3v) is 5.30. The number of piperazine rings is 1. The summed E-state index contributed by atoms with van der Waals surface area (Å²) in [5.41, 5.74) is 3.37. The Morgan fingerprint density at radius 2 is 1.93 bits per heavy atom. The van der Waals surface area contributed by atoms with Gasteiger partial charge in [0, 0.05) is 67.0 Å². The number of carbonyl (C=O) groups excluding carboxylic acids is 1. The standard InChI is InChI=1S/C22H30N4O3/c1-14(2)13-25-7-9-26(10-8-25)20(22(28)29)18-12-23-19-6-5-16(11-17(18)19)24-21(27)15(3)4/h5-6,11-12,15,20,23H,1,7-10,13H2,2-4H3,(H,24,27)(H,28,29). The molecule has 3 N–H and O–H groups in total. The molecule has 3 rings (SSSR count). The highest BCUT2D eigenvalue weighted by atomic mass is 16.4. The summed E-state index contributed by atoms with van der Waals surface area (Å²) in [6, 6.07) is 4.83. The van der Waals surface area contributed by atoms with Gasteiger partial charge in [-0.3, -0.25) is 19.4 Å². The molecule has 0 spiro atoms. The molecule has 1 aromatic carbocycles. The van der Waals surface area contributed by atoms with E-state index < -0.39 is 12.0 Å². The van der Waals surface area contributed by atoms with Gasteiger partial charge in [0.25, 0.3) is 0 Å². The number of benzene rings is 1. The molecule has 7 nitrogen and oxygen atoms in total. The number of nitrogens with one attached hydrogen (secondary N) is 2. The fraction of sp³-hybridized carbons (Fsp3) is 0.455. The number of amides is 1. The van der Waals surface area contributed by atoms with Crippen LogP contribution < -0.4 is 5.32 Å². The highest BCUT2D eigenvalue weighted by Gasteiger charge is 2.32. The highest BCUT2D eigenvalue weighted by Crippen LogP contribution is 2.31. The zero-order chi connectivity index (χ0) is 21.1. The van der Waals surface area contributed by atoms with E-state index in [-0.39, 0.29) is 11.8 Å². The number of anilines is 1. The summed E-state index contributed by atoms with van der Waals surface area (Å²) in [4.78, 5) is 31.7. The Hall–Kier alpha value is -2.64. The molecule has 0 saturated carbocycles. The third-order valence-electron chi connectivity index (χ3n) is 5.30. The molecule has 2 heterocycles. The molecule has 0 radical (unpaired) electrons. The Kier molecular flexibility index (Phi) is 6.39. The number of carboxylic acids is 1. The van der Waals surface area contributed by atoms with Gasteiger partial charge in [0.05, 0.1) is 0 Å². The van der Waals surface area contributed by atoms with Crippen LogP contribution >= 0.6 is 0 Å². The lowest BCUT2D eigenvalue weighted by atomic mass is 10.0. The van der Waals surface area contributed by atoms with Crippen molar-refractivity contribution in [2.75, 3.05) is 38.0 Å². The summed E-state index contributed by atoms with van der Waals surface area (Å²) in [6.07, 6.45) is 1.78. The van der Waals surface area contributed by atoms with Gasteiger partial charge in [-0.15, -0.1) is 0 Å². The topological polar surface area (TPSA) is 88.7 Å². The van der Waals surface area contributed by atoms with Crippen LogP contribution in [-0.4, -0.2) is 64.5 Å². The van der Waals surface area contributed by atoms with Crippen LogP contribution in [0.5, 0.6) is 0 Å². The first-order valence-electron chi connectivity index (χ1n) is 10.0. The number of nitrogens with zero attached hydrogens (tertiary/aromatic N) is 2. The second-order valence-electron chi connectivity index (χ2n) is 8.16. The van der Waals surface area contributed by atoms with Gasteiger partial charge < -0.3 is 15.4 Å². The van der Waals surface area contributed by atoms with E-state index in [4.69, 9.17) is 0 Å². The lowest BCUT2D eigenvalue weighted by molar-refractivity contribution is -0.144. The van der Waals surface area contributed by atoms with Crippen LogP contribution in [0.4, 0.5) is 5.69 Å². The van der Waals surface area contributed by atoms with Gasteiger partial charge in [-0.05, 0) is 25.1 Å². The molecule has 1 saturated heterocycles. The summed E-state index contributed by atoms with van der Waals surface area (Å²) in [5, 5.41) is 13.7. The normalized spacial score (nSPS) is 16.8. The molecule has 0 bridgehead atoms. The predicted molar refractivity (Wildman–Crippen MR) is 115 cm³/mol. The number of aliphatic carboxylic acids is 1. The van der Waals surface area contributed by atoms with E-state index in [2.05, 4.69) is 21.8 Å². The van der Waals surface area contributed by atoms with Gasteiger partial charge in [0.2, 0.25) is 5.91 Å². The average Bonchev–Trinajstić information content (AvgIpc) is 3.05. The minimum Gasteiger partial charge on any atom is -0.480 e. The smallest absolute Gasteiger partial charge is 0.325 e. The SMILES string of the molecule is C=C(C)CN1CCN(C(C(=O)O)c2c[nH]c3ccc(NC(=O)C(C)C)cc23)CC1. The van der Waals surface area contributed by atoms with Gasteiger partial charge in [-0.1, -0.05) is 26.0 Å². The lowest BCUT2D eigenvalue weighted by Crippen LogP contribution is -2.49. The van der Waals surface area contributed by atoms with E-state index in [1.54, 1.807) is 6.20 Å². The summed E-state index contributed by atoms with van der Waals surface area (Å²) in [6.45, 7) is 13.5. The highest BCUT2D eigenvalue weighted by molar-refractivity contribution is 5.96. The van der Waals surface area contributed by atoms with Gasteiger partial charge in [-0.2, -0.15) is 0 Å². The number of aromatic nitrogens is 1. The number of fused-ring (bicyclic) bond motifs is 1. The van der Waals surface area contributed by atoms with Crippen LogP contribution in [0.2, 0.25) is 0 Å². The first kappa shape index (κ1) is 21.1. The monoisotopic (exact) mass is 398 g/mol. The molecule has 156 valence electrons. The van der Waals surface area contributed by atoms with E-state index in [9.17, 15) is 14.7 Å². The lowest BCUT2D eigenvalue weighted by Gasteiger charge is -2.37. The Morgan fingerprint density at radius 3 is 2.52 bits per heavy atom. The Morgan fingerprint density at radius 1 is 1.24 bits per heavy atom. The summed E-state index contributed by atoms with van der Waals surface area (Å²) >= 11 is 0. The largest absolute Gasteiger partial charge is 0.480 e. The van der Waals surface area contributed by atoms with Crippen molar-refractivity contribution in [1.29, 1.82) is 0 Å². The van der Waals surface area contributed by atoms with Crippen molar-refractivity contribution in [2.24, 2.45) is 5.92 Å². The van der Waals surface area contributed by atoms with Gasteiger partial charge in [0.15, 0.2) is 0 Å². The predicted octanol–water partition coefficient (Wildman–Crippen LogP) is 3.08. The number of aromatic amines is 1. The number of rotatable bonds is 7. The van der Waals surface area contributed by atoms with E-state index in [0.29, 0.717) is 18.8 Å². The summed E-state index contributed by atoms with van der Waals surface area (Å²) < 4.78 is 0. The molecule has 1 aliphatic rings. The Balaban J connectivity index is 1.85. The van der Waals surface area contributed by atoms with Crippen molar-refractivity contribution < 1.29 is 14.7 Å². The maximum Gasteiger partial charge on any atom is 0.325 e. The van der Waals surface area contributed by atoms with Crippen molar-refractivity contribution >= 4 is 28.5 Å². The van der Waals surface area contributed by atoms with E-state index >= 15 is 0 Å². The second kappa shape index (κ2) is 8.80. The first-order valence-corrected chi connectivity index (χ1v) is 10.0. The van der Waals surface area contributed by atoms with Gasteiger partial charge >= 0.3 is 5.97 Å². The quantitative estimate of drug-likeness (QED) is 0.624. The maximum atomic E-state index is 12.2. The summed E-state index contributed by atoms with van der Waals surface area (Å²) in [7, 11) is 0. The van der Waals surface area contributed by atoms with E-state index in [1.165, 1.54) is 0 Å². The molecular weight excluding hydrogens is 368 g/mol. The third kappa shape index (κ3) is 4.86. The fourth-order valence-electron chi connectivity index (χ4n) is 3.78. The van der Waals surface area contributed by atoms with Crippen LogP contribution in [0.3, 0.4) is 0 Å². The molecule has 1 amide bonds. The van der Waals surface area contributed by atoms with Crippen LogP contribution in [-0.2, 0) is 9.59 Å². The molecule has 1 atom stereocenters. The Bertz CT molecular complexity index is 910. The van der Waals surface area contributed by atoms with Crippen LogP contribution in [0, 0.1) is 5.92 Å². The van der Waals surface area contributed by atoms with Crippen LogP contribution in [0.15, 0.2) is 36.5 Å². The van der Waals surface area contributed by atoms with Crippen molar-refractivity contribution in [3.05, 3.63) is 42.1 Å². The zero-order valence-electron chi connectivity index (χ0n) is 17.4. The van der Waals surface area contributed by atoms with Crippen LogP contribution in [0.25, 0.3) is 10.9 Å². The summed E-state index contributed by atoms with van der Waals surface area (Å²) in [5.74, 6) is -1.06. The zero-order valence-corrected chi connectivity index (χ0v) is 17.4. The first-order chi connectivity index (χ1) is 13.8. The number of hydrogen-bond acceptors (Lipinski definition) is 4. The van der Waals surface area contributed by atoms with Crippen molar-refractivity contribution in [2.45, 2.75) is 26.8 Å². The molecule has 7 heteroatoms. The van der Waals surface area contributed by atoms with Crippen molar-refractivity contribution in [1.82, 2.24) is 14.8 Å². The molecule has 2 aromatic rings. The minimum atomic E-state index is -0.865. The molecule has 1 fully saturated rings. The van der Waals surface area contributed by atoms with Gasteiger partial charge in [0.1, 0.15) is 6.04 Å². The van der Waals surface area contributed by atoms with E-state index in [1.807, 2.05) is 43.9 Å². The minimum absolute atomic E-state index is 0.0649. The van der Waals surface area contributed by atoms with Crippen molar-refractivity contribution in [3.8, 4) is 0 Å². The number of carbonyl (C=O) groups is 2. The van der Waals surface area contributed by atoms with E-state index in [0.717, 1.165) is 41.7 Å². The molecule has 1 aliphatic heterocycles. The van der Waals surface area contributed by atoms with Gasteiger partial charge in [-0.25, -0.2) is 0 Å². The molecule has 29 heavy (non-hydrogen) atoms. The Labute approximate surface area is 171 Å². The fourth-order valence-corrected chi connectivity index (χ4v) is 3.78. The molecule has 0 aliphatic carbocycles. The van der Waals surface area contributed by atoms with Crippen LogP contribution in [0.1, 0.15) is 32.4 Å². The molecule has 1 aromatic heterocycles.